The molecule has 0 heterocycles. The Morgan fingerprint density at radius 3 is 2.43 bits per heavy atom. The molecule has 0 heteroatoms. The molecule has 0 nitrogen and oxygen atoms in total. The second-order valence-electron chi connectivity index (χ2n) is 6.48. The van der Waals surface area contributed by atoms with Crippen molar-refractivity contribution in [2.24, 2.45) is 17.3 Å². The van der Waals surface area contributed by atoms with E-state index in [2.05, 4.69) is 63.8 Å². The molecular formula is C21H26. The maximum absolute atomic E-state index is 4.47. The van der Waals surface area contributed by atoms with Gasteiger partial charge in [0.05, 0.1) is 0 Å². The first-order chi connectivity index (χ1) is 10.1. The monoisotopic (exact) mass is 278 g/mol. The van der Waals surface area contributed by atoms with E-state index in [1.54, 1.807) is 5.56 Å². The fourth-order valence-electron chi connectivity index (χ4n) is 4.80. The molecule has 1 saturated carbocycles. The fourth-order valence-corrected chi connectivity index (χ4v) is 4.80. The number of benzene rings is 1. The van der Waals surface area contributed by atoms with Crippen LogP contribution in [0.25, 0.3) is 5.57 Å². The van der Waals surface area contributed by atoms with E-state index in [1.807, 2.05) is 13.8 Å². The normalized spacial score (nSPS) is 34.3. The van der Waals surface area contributed by atoms with Crippen molar-refractivity contribution < 1.29 is 0 Å². The zero-order valence-corrected chi connectivity index (χ0v) is 13.9. The molecular weight excluding hydrogens is 252 g/mol. The molecule has 0 saturated heterocycles. The smallest absolute Gasteiger partial charge is 0.00947 e. The molecule has 0 aromatic heterocycles. The van der Waals surface area contributed by atoms with Crippen LogP contribution in [0.15, 0.2) is 43.0 Å². The van der Waals surface area contributed by atoms with Crippen molar-refractivity contribution in [3.05, 3.63) is 65.3 Å². The van der Waals surface area contributed by atoms with Gasteiger partial charge in [-0.3, -0.25) is 0 Å². The minimum absolute atomic E-state index is 0.331. The zero-order valence-electron chi connectivity index (χ0n) is 13.9. The van der Waals surface area contributed by atoms with Crippen LogP contribution in [0.1, 0.15) is 48.9 Å². The lowest BCUT2D eigenvalue weighted by atomic mass is 9.70. The van der Waals surface area contributed by atoms with E-state index in [9.17, 15) is 0 Å². The summed E-state index contributed by atoms with van der Waals surface area (Å²) in [7, 11) is 0. The third-order valence-electron chi connectivity index (χ3n) is 5.73. The molecule has 0 aliphatic heterocycles. The van der Waals surface area contributed by atoms with E-state index < -0.39 is 0 Å². The second-order valence-corrected chi connectivity index (χ2v) is 6.48. The Bertz CT molecular complexity index is 659. The average molecular weight is 278 g/mol. The largest absolute Gasteiger partial charge is 0.0949 e. The van der Waals surface area contributed by atoms with Crippen LogP contribution in [0.3, 0.4) is 0 Å². The highest BCUT2D eigenvalue weighted by Crippen LogP contribution is 2.75. The zero-order chi connectivity index (χ0) is 15.4. The number of aryl methyl sites for hydroxylation is 2. The van der Waals surface area contributed by atoms with Gasteiger partial charge in [0.1, 0.15) is 0 Å². The highest BCUT2D eigenvalue weighted by molar-refractivity contribution is 5.80. The van der Waals surface area contributed by atoms with E-state index >= 15 is 0 Å². The first kappa shape index (κ1) is 14.4. The number of hydrogen-bond acceptors (Lipinski definition) is 0. The molecule has 1 spiro atoms. The third kappa shape index (κ3) is 1.62. The standard InChI is InChI=1S/C19H20.C2H6/c1-11-8-9-12(2)17-14(4)19-10-6-5-7-15(19)18(19)13(3)16(11)17;1-2/h5-10,14-15,18H,3H2,1-2,4H3;1-2H3. The van der Waals surface area contributed by atoms with Crippen LogP contribution >= 0.6 is 0 Å². The van der Waals surface area contributed by atoms with Crippen LogP contribution < -0.4 is 0 Å². The van der Waals surface area contributed by atoms with Gasteiger partial charge < -0.3 is 0 Å². The van der Waals surface area contributed by atoms with Crippen LogP contribution in [0.2, 0.25) is 0 Å². The van der Waals surface area contributed by atoms with Crippen LogP contribution in [0.4, 0.5) is 0 Å². The van der Waals surface area contributed by atoms with Crippen molar-refractivity contribution in [3.8, 4) is 0 Å². The Morgan fingerprint density at radius 1 is 1.05 bits per heavy atom. The molecule has 4 rings (SSSR count). The van der Waals surface area contributed by atoms with Crippen LogP contribution in [-0.4, -0.2) is 0 Å². The van der Waals surface area contributed by atoms with Crippen molar-refractivity contribution in [2.75, 3.05) is 0 Å². The summed E-state index contributed by atoms with van der Waals surface area (Å²) in [5.74, 6) is 1.90. The molecule has 0 amide bonds. The van der Waals surface area contributed by atoms with Gasteiger partial charge in [-0.1, -0.05) is 63.8 Å². The van der Waals surface area contributed by atoms with E-state index in [-0.39, 0.29) is 0 Å². The maximum Gasteiger partial charge on any atom is 0.00947 e. The van der Waals surface area contributed by atoms with E-state index in [1.165, 1.54) is 22.3 Å². The van der Waals surface area contributed by atoms with Gasteiger partial charge in [0, 0.05) is 11.3 Å². The lowest BCUT2D eigenvalue weighted by molar-refractivity contribution is 0.472. The highest BCUT2D eigenvalue weighted by Gasteiger charge is 2.68. The van der Waals surface area contributed by atoms with Gasteiger partial charge in [-0.25, -0.2) is 0 Å². The Morgan fingerprint density at radius 2 is 1.71 bits per heavy atom. The van der Waals surface area contributed by atoms with Crippen LogP contribution in [-0.2, 0) is 0 Å². The Kier molecular flexibility index (Phi) is 3.24. The minimum Gasteiger partial charge on any atom is -0.0949 e. The Hall–Kier alpha value is -1.56. The second kappa shape index (κ2) is 4.73. The first-order valence-electron chi connectivity index (χ1n) is 8.24. The average Bonchev–Trinajstić information content (AvgIpc) is 3.20. The summed E-state index contributed by atoms with van der Waals surface area (Å²) in [5, 5.41) is 0. The molecule has 4 atom stereocenters. The first-order valence-corrected chi connectivity index (χ1v) is 8.24. The summed E-state index contributed by atoms with van der Waals surface area (Å²) < 4.78 is 0. The van der Waals surface area contributed by atoms with E-state index in [4.69, 9.17) is 0 Å². The van der Waals surface area contributed by atoms with Gasteiger partial charge in [-0.05, 0) is 53.5 Å². The summed E-state index contributed by atoms with van der Waals surface area (Å²) in [6.45, 7) is 15.4. The minimum atomic E-state index is 0.331. The van der Waals surface area contributed by atoms with Crippen molar-refractivity contribution in [1.82, 2.24) is 0 Å². The predicted molar refractivity (Wildman–Crippen MR) is 92.4 cm³/mol. The SMILES string of the molecule is C=C1c2c(C)ccc(C)c2C(C)C23C=CC=CC2C13.CC. The molecule has 0 bridgehead atoms. The van der Waals surface area contributed by atoms with Gasteiger partial charge in [0.2, 0.25) is 0 Å². The molecule has 0 N–H and O–H groups in total. The highest BCUT2D eigenvalue weighted by atomic mass is 14.7. The van der Waals surface area contributed by atoms with Crippen molar-refractivity contribution in [2.45, 2.75) is 40.5 Å². The van der Waals surface area contributed by atoms with Crippen molar-refractivity contribution >= 4 is 5.57 Å². The van der Waals surface area contributed by atoms with Crippen LogP contribution in [0, 0.1) is 31.1 Å². The van der Waals surface area contributed by atoms with Crippen molar-refractivity contribution in [1.29, 1.82) is 0 Å². The molecule has 3 aliphatic carbocycles. The summed E-state index contributed by atoms with van der Waals surface area (Å²) in [4.78, 5) is 0. The van der Waals surface area contributed by atoms with Gasteiger partial charge in [-0.15, -0.1) is 0 Å². The quantitative estimate of drug-likeness (QED) is 0.561. The maximum atomic E-state index is 4.47. The number of allylic oxidation sites excluding steroid dienone is 5. The Labute approximate surface area is 129 Å². The molecule has 1 aromatic rings. The molecule has 21 heavy (non-hydrogen) atoms. The molecule has 3 aliphatic rings. The summed E-state index contributed by atoms with van der Waals surface area (Å²) in [6, 6.07) is 4.52. The van der Waals surface area contributed by atoms with Gasteiger partial charge in [0.15, 0.2) is 0 Å². The van der Waals surface area contributed by atoms with Crippen LogP contribution in [0.5, 0.6) is 0 Å². The number of rotatable bonds is 0. The molecule has 1 fully saturated rings. The molecule has 110 valence electrons. The van der Waals surface area contributed by atoms with Crippen molar-refractivity contribution in [3.63, 3.8) is 0 Å². The van der Waals surface area contributed by atoms with Gasteiger partial charge in [-0.2, -0.15) is 0 Å². The van der Waals surface area contributed by atoms with Gasteiger partial charge >= 0.3 is 0 Å². The number of hydrogen-bond donors (Lipinski definition) is 0. The predicted octanol–water partition coefficient (Wildman–Crippen LogP) is 5.82. The lowest BCUT2D eigenvalue weighted by Gasteiger charge is -2.33. The van der Waals surface area contributed by atoms with Gasteiger partial charge in [0.25, 0.3) is 0 Å². The molecule has 1 aromatic carbocycles. The topological polar surface area (TPSA) is 0 Å². The summed E-state index contributed by atoms with van der Waals surface area (Å²) >= 11 is 0. The van der Waals surface area contributed by atoms with E-state index in [0.29, 0.717) is 23.2 Å². The van der Waals surface area contributed by atoms with E-state index in [0.717, 1.165) is 0 Å². The molecule has 4 unspecified atom stereocenters. The number of fused-ring (bicyclic) bond motifs is 2. The Balaban J connectivity index is 0.000000636. The summed E-state index contributed by atoms with van der Waals surface area (Å²) in [5.41, 5.74) is 7.52. The third-order valence-corrected chi connectivity index (χ3v) is 5.73. The molecule has 0 radical (unpaired) electrons. The fraction of sp³-hybridized carbons (Fsp3) is 0.429. The summed E-state index contributed by atoms with van der Waals surface area (Å²) in [6.07, 6.45) is 9.28. The lowest BCUT2D eigenvalue weighted by Crippen LogP contribution is -2.21.